The summed E-state index contributed by atoms with van der Waals surface area (Å²) in [6.45, 7) is 1.09. The van der Waals surface area contributed by atoms with Crippen molar-refractivity contribution in [3.05, 3.63) is 60.4 Å². The summed E-state index contributed by atoms with van der Waals surface area (Å²) in [6.07, 6.45) is 6.61. The Morgan fingerprint density at radius 2 is 2.00 bits per heavy atom. The minimum atomic E-state index is -0.257. The molecule has 0 atom stereocenters. The summed E-state index contributed by atoms with van der Waals surface area (Å²) in [6, 6.07) is 8.18. The fourth-order valence-electron chi connectivity index (χ4n) is 2.51. The van der Waals surface area contributed by atoms with Crippen molar-refractivity contribution in [2.75, 3.05) is 0 Å². The van der Waals surface area contributed by atoms with Gasteiger partial charge < -0.3 is 5.32 Å². The standard InChI is InChI=1S/C18H20FN5O/c1-23-10-8-17(22-23)12-20-18(25)3-2-9-24-13-15(11-21-24)14-4-6-16(19)7-5-14/h4-8,10-11,13H,2-3,9,12H2,1H3,(H,20,25). The summed E-state index contributed by atoms with van der Waals surface area (Å²) < 4.78 is 16.5. The van der Waals surface area contributed by atoms with Crippen molar-refractivity contribution in [3.8, 4) is 11.1 Å². The minimum Gasteiger partial charge on any atom is -0.350 e. The Morgan fingerprint density at radius 1 is 1.20 bits per heavy atom. The van der Waals surface area contributed by atoms with Crippen LogP contribution in [0.5, 0.6) is 0 Å². The van der Waals surface area contributed by atoms with Crippen LogP contribution in [0.1, 0.15) is 18.5 Å². The van der Waals surface area contributed by atoms with Gasteiger partial charge in [0.1, 0.15) is 5.82 Å². The smallest absolute Gasteiger partial charge is 0.220 e. The third-order valence-electron chi connectivity index (χ3n) is 3.84. The number of aromatic nitrogens is 4. The van der Waals surface area contributed by atoms with Gasteiger partial charge in [-0.15, -0.1) is 0 Å². The first-order chi connectivity index (χ1) is 12.1. The number of halogens is 1. The number of aryl methyl sites for hydroxylation is 2. The fraction of sp³-hybridized carbons (Fsp3) is 0.278. The van der Waals surface area contributed by atoms with Crippen molar-refractivity contribution in [1.29, 1.82) is 0 Å². The van der Waals surface area contributed by atoms with Crippen LogP contribution in [0.3, 0.4) is 0 Å². The topological polar surface area (TPSA) is 64.7 Å². The molecule has 0 fully saturated rings. The van der Waals surface area contributed by atoms with Gasteiger partial charge in [0.05, 0.1) is 18.4 Å². The number of nitrogens with one attached hydrogen (secondary N) is 1. The van der Waals surface area contributed by atoms with Crippen LogP contribution in [0.25, 0.3) is 11.1 Å². The molecule has 0 saturated carbocycles. The van der Waals surface area contributed by atoms with Crippen molar-refractivity contribution in [3.63, 3.8) is 0 Å². The van der Waals surface area contributed by atoms with E-state index in [9.17, 15) is 9.18 Å². The maximum atomic E-state index is 13.0. The van der Waals surface area contributed by atoms with Gasteiger partial charge in [-0.1, -0.05) is 12.1 Å². The number of carbonyl (C=O) groups is 1. The number of nitrogens with zero attached hydrogens (tertiary/aromatic N) is 4. The van der Waals surface area contributed by atoms with Gasteiger partial charge in [-0.05, 0) is 30.2 Å². The van der Waals surface area contributed by atoms with Gasteiger partial charge in [0.2, 0.25) is 5.91 Å². The van der Waals surface area contributed by atoms with E-state index in [1.165, 1.54) is 12.1 Å². The van der Waals surface area contributed by atoms with Crippen LogP contribution in [0.4, 0.5) is 4.39 Å². The Labute approximate surface area is 145 Å². The number of amides is 1. The lowest BCUT2D eigenvalue weighted by molar-refractivity contribution is -0.121. The van der Waals surface area contributed by atoms with Gasteiger partial charge in [-0.25, -0.2) is 4.39 Å². The Hall–Kier alpha value is -2.96. The van der Waals surface area contributed by atoms with E-state index in [0.29, 0.717) is 25.9 Å². The third-order valence-corrected chi connectivity index (χ3v) is 3.84. The molecule has 1 N–H and O–H groups in total. The molecule has 1 amide bonds. The molecule has 0 bridgehead atoms. The molecule has 6 nitrogen and oxygen atoms in total. The SMILES string of the molecule is Cn1ccc(CNC(=O)CCCn2cc(-c3ccc(F)cc3)cn2)n1. The lowest BCUT2D eigenvalue weighted by Crippen LogP contribution is -2.23. The zero-order chi connectivity index (χ0) is 17.6. The number of hydrogen-bond donors (Lipinski definition) is 1. The molecule has 0 aliphatic heterocycles. The van der Waals surface area contributed by atoms with Gasteiger partial charge in [0.15, 0.2) is 0 Å². The lowest BCUT2D eigenvalue weighted by atomic mass is 10.1. The number of rotatable bonds is 7. The highest BCUT2D eigenvalue weighted by Gasteiger charge is 2.05. The predicted molar refractivity (Wildman–Crippen MR) is 91.9 cm³/mol. The monoisotopic (exact) mass is 341 g/mol. The second kappa shape index (κ2) is 7.74. The number of carbonyl (C=O) groups excluding carboxylic acids is 1. The first-order valence-electron chi connectivity index (χ1n) is 8.14. The molecule has 0 saturated heterocycles. The zero-order valence-electron chi connectivity index (χ0n) is 14.0. The van der Waals surface area contributed by atoms with Crippen molar-refractivity contribution < 1.29 is 9.18 Å². The largest absolute Gasteiger partial charge is 0.350 e. The molecule has 0 unspecified atom stereocenters. The summed E-state index contributed by atoms with van der Waals surface area (Å²) in [5, 5.41) is 11.4. The van der Waals surface area contributed by atoms with Crippen molar-refractivity contribution >= 4 is 5.91 Å². The fourth-order valence-corrected chi connectivity index (χ4v) is 2.51. The van der Waals surface area contributed by atoms with E-state index < -0.39 is 0 Å². The van der Waals surface area contributed by atoms with Gasteiger partial charge in [0.25, 0.3) is 0 Å². The Kier molecular flexibility index (Phi) is 5.23. The van der Waals surface area contributed by atoms with E-state index >= 15 is 0 Å². The highest BCUT2D eigenvalue weighted by atomic mass is 19.1. The van der Waals surface area contributed by atoms with Crippen molar-refractivity contribution in [2.45, 2.75) is 25.9 Å². The Bertz CT molecular complexity index is 837. The van der Waals surface area contributed by atoms with E-state index in [1.807, 2.05) is 25.5 Å². The van der Waals surface area contributed by atoms with E-state index in [4.69, 9.17) is 0 Å². The Morgan fingerprint density at radius 3 is 2.72 bits per heavy atom. The molecule has 1 aromatic carbocycles. The highest BCUT2D eigenvalue weighted by molar-refractivity contribution is 5.75. The van der Waals surface area contributed by atoms with Crippen molar-refractivity contribution in [2.24, 2.45) is 7.05 Å². The summed E-state index contributed by atoms with van der Waals surface area (Å²) >= 11 is 0. The molecule has 2 heterocycles. The summed E-state index contributed by atoms with van der Waals surface area (Å²) in [5.41, 5.74) is 2.69. The van der Waals surface area contributed by atoms with Crippen LogP contribution in [-0.4, -0.2) is 25.5 Å². The maximum Gasteiger partial charge on any atom is 0.220 e. The van der Waals surface area contributed by atoms with E-state index in [1.54, 1.807) is 27.7 Å². The van der Waals surface area contributed by atoms with Crippen LogP contribution in [0.15, 0.2) is 48.9 Å². The van der Waals surface area contributed by atoms with Crippen LogP contribution >= 0.6 is 0 Å². The molecule has 0 aliphatic carbocycles. The Balaban J connectivity index is 1.43. The van der Waals surface area contributed by atoms with Crippen LogP contribution in [0, 0.1) is 5.82 Å². The van der Waals surface area contributed by atoms with E-state index in [2.05, 4.69) is 15.5 Å². The maximum absolute atomic E-state index is 13.0. The zero-order valence-corrected chi connectivity index (χ0v) is 14.0. The molecule has 130 valence electrons. The second-order valence-electron chi connectivity index (χ2n) is 5.86. The van der Waals surface area contributed by atoms with E-state index in [-0.39, 0.29) is 11.7 Å². The molecular formula is C18H20FN5O. The van der Waals surface area contributed by atoms with Crippen LogP contribution in [-0.2, 0) is 24.9 Å². The highest BCUT2D eigenvalue weighted by Crippen LogP contribution is 2.18. The molecule has 0 aliphatic rings. The summed E-state index contributed by atoms with van der Waals surface area (Å²) in [7, 11) is 1.84. The van der Waals surface area contributed by atoms with Gasteiger partial charge in [-0.2, -0.15) is 10.2 Å². The molecule has 2 aromatic heterocycles. The van der Waals surface area contributed by atoms with Gasteiger partial charge in [-0.3, -0.25) is 14.2 Å². The molecule has 0 radical (unpaired) electrons. The lowest BCUT2D eigenvalue weighted by Gasteiger charge is -2.04. The first-order valence-corrected chi connectivity index (χ1v) is 8.14. The third kappa shape index (κ3) is 4.76. The van der Waals surface area contributed by atoms with Gasteiger partial charge in [0, 0.05) is 38.0 Å². The van der Waals surface area contributed by atoms with Crippen molar-refractivity contribution in [1.82, 2.24) is 24.9 Å². The quantitative estimate of drug-likeness (QED) is 0.718. The average molecular weight is 341 g/mol. The summed E-state index contributed by atoms with van der Waals surface area (Å²) in [5.74, 6) is -0.260. The number of benzene rings is 1. The minimum absolute atomic E-state index is 0.00318. The second-order valence-corrected chi connectivity index (χ2v) is 5.86. The summed E-state index contributed by atoms with van der Waals surface area (Å²) in [4.78, 5) is 11.9. The average Bonchev–Trinajstić information content (AvgIpc) is 3.23. The number of hydrogen-bond acceptors (Lipinski definition) is 3. The molecule has 25 heavy (non-hydrogen) atoms. The van der Waals surface area contributed by atoms with Crippen LogP contribution in [0.2, 0.25) is 0 Å². The van der Waals surface area contributed by atoms with Crippen LogP contribution < -0.4 is 5.32 Å². The van der Waals surface area contributed by atoms with Gasteiger partial charge >= 0.3 is 0 Å². The first kappa shape index (κ1) is 16.9. The molecular weight excluding hydrogens is 321 g/mol. The molecule has 0 spiro atoms. The molecule has 3 rings (SSSR count). The predicted octanol–water partition coefficient (Wildman–Crippen LogP) is 2.52. The molecule has 3 aromatic rings. The molecule has 7 heteroatoms. The normalized spacial score (nSPS) is 10.8. The van der Waals surface area contributed by atoms with E-state index in [0.717, 1.165) is 16.8 Å².